The van der Waals surface area contributed by atoms with E-state index in [-0.39, 0.29) is 0 Å². The van der Waals surface area contributed by atoms with E-state index in [1.165, 1.54) is 17.7 Å². The lowest BCUT2D eigenvalue weighted by Gasteiger charge is -2.23. The molecular weight excluding hydrogens is 258 g/mol. The number of hydrogen-bond acceptors (Lipinski definition) is 5. The van der Waals surface area contributed by atoms with Crippen LogP contribution in [0.15, 0.2) is 0 Å². The molecule has 1 aromatic rings. The maximum Gasteiger partial charge on any atom is 0.185 e. The molecule has 0 aliphatic carbocycles. The fourth-order valence-corrected chi connectivity index (χ4v) is 3.04. The number of hydrogen-bond donors (Lipinski definition) is 1. The van der Waals surface area contributed by atoms with Crippen molar-refractivity contribution in [1.29, 1.82) is 0 Å². The summed E-state index contributed by atoms with van der Waals surface area (Å²) in [4.78, 5) is 8.30. The fraction of sp³-hybridized carbons (Fsp3) is 0.786. The maximum absolute atomic E-state index is 5.25. The third-order valence-corrected chi connectivity index (χ3v) is 4.44. The Morgan fingerprint density at radius 2 is 2.16 bits per heavy atom. The highest BCUT2D eigenvalue weighted by atomic mass is 32.1. The van der Waals surface area contributed by atoms with Crippen LogP contribution in [0.2, 0.25) is 0 Å². The molecule has 0 saturated heterocycles. The zero-order chi connectivity index (χ0) is 14.3. The summed E-state index contributed by atoms with van der Waals surface area (Å²) in [6.45, 7) is 9.04. The van der Waals surface area contributed by atoms with Crippen LogP contribution in [0.1, 0.15) is 44.2 Å². The zero-order valence-electron chi connectivity index (χ0n) is 12.8. The van der Waals surface area contributed by atoms with E-state index in [1.807, 2.05) is 0 Å². The highest BCUT2D eigenvalue weighted by Crippen LogP contribution is 2.28. The lowest BCUT2D eigenvalue weighted by molar-refractivity contribution is 0.181. The summed E-state index contributed by atoms with van der Waals surface area (Å²) in [5, 5.41) is 4.46. The number of ether oxygens (including phenoxy) is 1. The van der Waals surface area contributed by atoms with E-state index < -0.39 is 0 Å². The van der Waals surface area contributed by atoms with E-state index >= 15 is 0 Å². The number of methoxy groups -OCH3 is 1. The van der Waals surface area contributed by atoms with E-state index in [0.29, 0.717) is 12.6 Å². The molecule has 1 heterocycles. The van der Waals surface area contributed by atoms with Crippen molar-refractivity contribution in [3.63, 3.8) is 0 Å². The highest BCUT2D eigenvalue weighted by molar-refractivity contribution is 7.15. The van der Waals surface area contributed by atoms with Crippen LogP contribution in [0.25, 0.3) is 0 Å². The van der Waals surface area contributed by atoms with Crippen molar-refractivity contribution < 1.29 is 4.74 Å². The lowest BCUT2D eigenvalue weighted by Crippen LogP contribution is -2.28. The first kappa shape index (κ1) is 16.4. The Labute approximate surface area is 121 Å². The third kappa shape index (κ3) is 4.75. The Balaban J connectivity index is 2.83. The Bertz CT molecular complexity index is 368. The molecule has 0 radical (unpaired) electrons. The lowest BCUT2D eigenvalue weighted by atomic mass is 10.2. The molecule has 0 amide bonds. The van der Waals surface area contributed by atoms with Gasteiger partial charge in [0.25, 0.3) is 0 Å². The second-order valence-corrected chi connectivity index (χ2v) is 5.89. The summed E-state index contributed by atoms with van der Waals surface area (Å²) in [7, 11) is 3.85. The predicted molar refractivity (Wildman–Crippen MR) is 83.0 cm³/mol. The van der Waals surface area contributed by atoms with Gasteiger partial charge in [0.05, 0.1) is 12.3 Å². The second-order valence-electron chi connectivity index (χ2n) is 4.83. The predicted octanol–water partition coefficient (Wildman–Crippen LogP) is 3.02. The number of rotatable bonds is 9. The first-order valence-corrected chi connectivity index (χ1v) is 7.86. The Hall–Kier alpha value is -0.650. The summed E-state index contributed by atoms with van der Waals surface area (Å²) < 4.78 is 5.25. The third-order valence-electron chi connectivity index (χ3n) is 3.25. The Morgan fingerprint density at radius 3 is 2.74 bits per heavy atom. The van der Waals surface area contributed by atoms with E-state index in [0.717, 1.165) is 23.9 Å². The van der Waals surface area contributed by atoms with Gasteiger partial charge < -0.3 is 15.0 Å². The molecule has 0 fully saturated rings. The van der Waals surface area contributed by atoms with Gasteiger partial charge >= 0.3 is 0 Å². The summed E-state index contributed by atoms with van der Waals surface area (Å²) in [6.07, 6.45) is 2.39. The molecule has 4 nitrogen and oxygen atoms in total. The molecule has 0 aliphatic heterocycles. The van der Waals surface area contributed by atoms with Gasteiger partial charge in [-0.15, -0.1) is 11.3 Å². The van der Waals surface area contributed by atoms with Gasteiger partial charge in [0.2, 0.25) is 0 Å². The van der Waals surface area contributed by atoms with Crippen molar-refractivity contribution in [2.75, 3.05) is 25.6 Å². The molecule has 0 bridgehead atoms. The van der Waals surface area contributed by atoms with Gasteiger partial charge in [0, 0.05) is 31.6 Å². The summed E-state index contributed by atoms with van der Waals surface area (Å²) in [5.74, 6) is 0. The van der Waals surface area contributed by atoms with E-state index in [1.54, 1.807) is 18.4 Å². The average Bonchev–Trinajstić information content (AvgIpc) is 2.79. The highest BCUT2D eigenvalue weighted by Gasteiger charge is 2.16. The number of thiazole rings is 1. The summed E-state index contributed by atoms with van der Waals surface area (Å²) in [6, 6.07) is 0.526. The number of anilines is 1. The molecule has 1 aromatic heterocycles. The van der Waals surface area contributed by atoms with Crippen LogP contribution in [0.3, 0.4) is 0 Å². The van der Waals surface area contributed by atoms with Crippen molar-refractivity contribution >= 4 is 16.5 Å². The number of nitrogens with zero attached hydrogens (tertiary/aromatic N) is 2. The first-order chi connectivity index (χ1) is 9.13. The van der Waals surface area contributed by atoms with E-state index in [2.05, 4.69) is 38.0 Å². The maximum atomic E-state index is 5.25. The van der Waals surface area contributed by atoms with Gasteiger partial charge in [-0.3, -0.25) is 0 Å². The van der Waals surface area contributed by atoms with Crippen LogP contribution in [-0.4, -0.2) is 31.7 Å². The van der Waals surface area contributed by atoms with Crippen molar-refractivity contribution in [2.24, 2.45) is 0 Å². The van der Waals surface area contributed by atoms with Gasteiger partial charge in [0.1, 0.15) is 0 Å². The standard InChI is InChI=1S/C14H27N3OS/c1-6-8-11(3)17(4)14-16-12(10-18-5)13(19-14)9-15-7-2/h11,15H,6-10H2,1-5H3. The van der Waals surface area contributed by atoms with Gasteiger partial charge in [-0.1, -0.05) is 20.3 Å². The van der Waals surface area contributed by atoms with Crippen LogP contribution in [0.5, 0.6) is 0 Å². The van der Waals surface area contributed by atoms with Crippen LogP contribution in [-0.2, 0) is 17.9 Å². The molecule has 19 heavy (non-hydrogen) atoms. The molecule has 1 unspecified atom stereocenters. The molecule has 0 aliphatic rings. The van der Waals surface area contributed by atoms with Gasteiger partial charge in [-0.25, -0.2) is 4.98 Å². The SMILES string of the molecule is CCCC(C)N(C)c1nc(COC)c(CNCC)s1. The molecule has 1 rings (SSSR count). The average molecular weight is 285 g/mol. The zero-order valence-corrected chi connectivity index (χ0v) is 13.6. The summed E-state index contributed by atoms with van der Waals surface area (Å²) >= 11 is 1.77. The summed E-state index contributed by atoms with van der Waals surface area (Å²) in [5.41, 5.74) is 1.07. The largest absolute Gasteiger partial charge is 0.378 e. The molecule has 1 atom stereocenters. The minimum atomic E-state index is 0.526. The van der Waals surface area contributed by atoms with Gasteiger partial charge in [-0.05, 0) is 19.9 Å². The minimum absolute atomic E-state index is 0.526. The molecule has 0 spiro atoms. The Morgan fingerprint density at radius 1 is 1.42 bits per heavy atom. The van der Waals surface area contributed by atoms with E-state index in [9.17, 15) is 0 Å². The molecule has 1 N–H and O–H groups in total. The van der Waals surface area contributed by atoms with Crippen molar-refractivity contribution in [2.45, 2.75) is 52.8 Å². The molecule has 110 valence electrons. The normalized spacial score (nSPS) is 12.7. The van der Waals surface area contributed by atoms with Gasteiger partial charge in [-0.2, -0.15) is 0 Å². The Kier molecular flexibility index (Phi) is 7.34. The monoisotopic (exact) mass is 285 g/mol. The van der Waals surface area contributed by atoms with Crippen molar-refractivity contribution in [3.05, 3.63) is 10.6 Å². The number of nitrogens with one attached hydrogen (secondary N) is 1. The van der Waals surface area contributed by atoms with Crippen molar-refractivity contribution in [3.8, 4) is 0 Å². The van der Waals surface area contributed by atoms with Crippen LogP contribution in [0.4, 0.5) is 5.13 Å². The van der Waals surface area contributed by atoms with E-state index in [4.69, 9.17) is 9.72 Å². The van der Waals surface area contributed by atoms with Crippen molar-refractivity contribution in [1.82, 2.24) is 10.3 Å². The smallest absolute Gasteiger partial charge is 0.185 e. The second kappa shape index (κ2) is 8.51. The fourth-order valence-electron chi connectivity index (χ4n) is 1.95. The van der Waals surface area contributed by atoms with Crippen LogP contribution < -0.4 is 10.2 Å². The first-order valence-electron chi connectivity index (χ1n) is 7.05. The molecule has 0 saturated carbocycles. The molecule has 5 heteroatoms. The molecule has 0 aromatic carbocycles. The topological polar surface area (TPSA) is 37.4 Å². The van der Waals surface area contributed by atoms with Gasteiger partial charge in [0.15, 0.2) is 5.13 Å². The molecular formula is C14H27N3OS. The quantitative estimate of drug-likeness (QED) is 0.757. The minimum Gasteiger partial charge on any atom is -0.378 e. The van der Waals surface area contributed by atoms with Crippen LogP contribution >= 0.6 is 11.3 Å². The number of aromatic nitrogens is 1. The van der Waals surface area contributed by atoms with Crippen LogP contribution in [0, 0.1) is 0 Å².